The van der Waals surface area contributed by atoms with Crippen molar-refractivity contribution in [2.24, 2.45) is 5.92 Å². The summed E-state index contributed by atoms with van der Waals surface area (Å²) in [5.74, 6) is 2.07. The lowest BCUT2D eigenvalue weighted by molar-refractivity contribution is 0.0443. The summed E-state index contributed by atoms with van der Waals surface area (Å²) in [4.78, 5) is 11.1. The van der Waals surface area contributed by atoms with E-state index in [9.17, 15) is 5.11 Å². The monoisotopic (exact) mass is 249 g/mol. The first-order chi connectivity index (χ1) is 8.44. The lowest BCUT2D eigenvalue weighted by Crippen LogP contribution is -2.33. The number of rotatable bonds is 3. The van der Waals surface area contributed by atoms with Crippen LogP contribution in [0.2, 0.25) is 0 Å². The number of hydrogen-bond donors (Lipinski definition) is 1. The summed E-state index contributed by atoms with van der Waals surface area (Å²) in [6, 6.07) is 0. The molecular weight excluding hydrogens is 226 g/mol. The molecule has 1 aromatic heterocycles. The van der Waals surface area contributed by atoms with E-state index in [1.165, 1.54) is 5.56 Å². The standard InChI is InChI=1S/C14H23N3O/c1-5-6-12-7-15-11(3)16-13(12)17-8-10(2)14(4,18)9-17/h7,10,18H,5-6,8-9H2,1-4H3/t10-,14+/m1/s1. The molecule has 2 atom stereocenters. The Hall–Kier alpha value is -1.16. The van der Waals surface area contributed by atoms with Crippen molar-refractivity contribution in [3.63, 3.8) is 0 Å². The second-order valence-electron chi connectivity index (χ2n) is 5.65. The Balaban J connectivity index is 2.30. The van der Waals surface area contributed by atoms with Gasteiger partial charge in [-0.1, -0.05) is 20.3 Å². The van der Waals surface area contributed by atoms with Crippen LogP contribution in [0.3, 0.4) is 0 Å². The van der Waals surface area contributed by atoms with Gasteiger partial charge in [0, 0.05) is 30.8 Å². The van der Waals surface area contributed by atoms with E-state index >= 15 is 0 Å². The Morgan fingerprint density at radius 2 is 2.28 bits per heavy atom. The first-order valence-electron chi connectivity index (χ1n) is 6.74. The highest BCUT2D eigenvalue weighted by Crippen LogP contribution is 2.31. The smallest absolute Gasteiger partial charge is 0.135 e. The van der Waals surface area contributed by atoms with Crippen LogP contribution < -0.4 is 4.90 Å². The maximum absolute atomic E-state index is 10.3. The van der Waals surface area contributed by atoms with Gasteiger partial charge >= 0.3 is 0 Å². The highest BCUT2D eigenvalue weighted by atomic mass is 16.3. The van der Waals surface area contributed by atoms with Crippen LogP contribution in [0.15, 0.2) is 6.20 Å². The van der Waals surface area contributed by atoms with Crippen molar-refractivity contribution < 1.29 is 5.11 Å². The Morgan fingerprint density at radius 3 is 2.83 bits per heavy atom. The van der Waals surface area contributed by atoms with Gasteiger partial charge in [-0.25, -0.2) is 9.97 Å². The van der Waals surface area contributed by atoms with E-state index in [0.29, 0.717) is 6.54 Å². The number of hydrogen-bond acceptors (Lipinski definition) is 4. The lowest BCUT2D eigenvalue weighted by Gasteiger charge is -2.22. The summed E-state index contributed by atoms with van der Waals surface area (Å²) in [7, 11) is 0. The SMILES string of the molecule is CCCc1cnc(C)nc1N1C[C@@H](C)[C@@](C)(O)C1. The zero-order valence-corrected chi connectivity index (χ0v) is 11.8. The topological polar surface area (TPSA) is 49.2 Å². The molecular formula is C14H23N3O. The summed E-state index contributed by atoms with van der Waals surface area (Å²) < 4.78 is 0. The number of aliphatic hydroxyl groups is 1. The summed E-state index contributed by atoms with van der Waals surface area (Å²) in [5, 5.41) is 10.3. The van der Waals surface area contributed by atoms with Gasteiger partial charge in [0.05, 0.1) is 5.60 Å². The van der Waals surface area contributed by atoms with Gasteiger partial charge in [0.1, 0.15) is 11.6 Å². The third-order valence-electron chi connectivity index (χ3n) is 3.85. The lowest BCUT2D eigenvalue weighted by atomic mass is 9.95. The highest BCUT2D eigenvalue weighted by molar-refractivity contribution is 5.48. The third-order valence-corrected chi connectivity index (χ3v) is 3.85. The number of β-amino-alcohol motifs (C(OH)–C–C–N with tert-alkyl or cyclic N) is 1. The molecule has 4 heteroatoms. The molecule has 0 spiro atoms. The quantitative estimate of drug-likeness (QED) is 0.889. The zero-order valence-electron chi connectivity index (χ0n) is 11.8. The van der Waals surface area contributed by atoms with Crippen LogP contribution in [0.5, 0.6) is 0 Å². The maximum atomic E-state index is 10.3. The summed E-state index contributed by atoms with van der Waals surface area (Å²) in [6.07, 6.45) is 4.00. The van der Waals surface area contributed by atoms with Crippen molar-refractivity contribution >= 4 is 5.82 Å². The molecule has 0 radical (unpaired) electrons. The average molecular weight is 249 g/mol. The molecule has 2 heterocycles. The van der Waals surface area contributed by atoms with E-state index in [0.717, 1.165) is 31.0 Å². The molecule has 1 N–H and O–H groups in total. The van der Waals surface area contributed by atoms with Crippen molar-refractivity contribution in [2.45, 2.75) is 46.1 Å². The van der Waals surface area contributed by atoms with Crippen molar-refractivity contribution in [1.82, 2.24) is 9.97 Å². The van der Waals surface area contributed by atoms with Crippen LogP contribution >= 0.6 is 0 Å². The largest absolute Gasteiger partial charge is 0.388 e. The molecule has 0 amide bonds. The molecule has 0 bridgehead atoms. The van der Waals surface area contributed by atoms with E-state index in [4.69, 9.17) is 0 Å². The van der Waals surface area contributed by atoms with E-state index in [1.807, 2.05) is 20.0 Å². The van der Waals surface area contributed by atoms with Gasteiger partial charge in [-0.15, -0.1) is 0 Å². The molecule has 0 aliphatic carbocycles. The number of aromatic nitrogens is 2. The summed E-state index contributed by atoms with van der Waals surface area (Å²) >= 11 is 0. The number of anilines is 1. The summed E-state index contributed by atoms with van der Waals surface area (Å²) in [5.41, 5.74) is 0.565. The van der Waals surface area contributed by atoms with Crippen LogP contribution in [0.4, 0.5) is 5.82 Å². The molecule has 100 valence electrons. The van der Waals surface area contributed by atoms with Crippen LogP contribution in [0, 0.1) is 12.8 Å². The minimum absolute atomic E-state index is 0.266. The third kappa shape index (κ3) is 2.48. The van der Waals surface area contributed by atoms with Gasteiger partial charge in [-0.3, -0.25) is 0 Å². The summed E-state index contributed by atoms with van der Waals surface area (Å²) in [6.45, 7) is 9.59. The molecule has 0 aromatic carbocycles. The van der Waals surface area contributed by atoms with Crippen molar-refractivity contribution in [2.75, 3.05) is 18.0 Å². The van der Waals surface area contributed by atoms with E-state index in [1.54, 1.807) is 0 Å². The van der Waals surface area contributed by atoms with Crippen LogP contribution in [-0.2, 0) is 6.42 Å². The fourth-order valence-corrected chi connectivity index (χ4v) is 2.50. The van der Waals surface area contributed by atoms with E-state index < -0.39 is 5.60 Å². The maximum Gasteiger partial charge on any atom is 0.135 e. The zero-order chi connectivity index (χ0) is 13.3. The second kappa shape index (κ2) is 4.84. The van der Waals surface area contributed by atoms with Gasteiger partial charge in [0.25, 0.3) is 0 Å². The molecule has 1 aliphatic rings. The van der Waals surface area contributed by atoms with Crippen molar-refractivity contribution in [3.8, 4) is 0 Å². The molecule has 1 saturated heterocycles. The number of aryl methyl sites for hydroxylation is 2. The van der Waals surface area contributed by atoms with Gasteiger partial charge < -0.3 is 10.0 Å². The van der Waals surface area contributed by atoms with Gasteiger partial charge in [0.15, 0.2) is 0 Å². The second-order valence-corrected chi connectivity index (χ2v) is 5.65. The van der Waals surface area contributed by atoms with Crippen molar-refractivity contribution in [1.29, 1.82) is 0 Å². The molecule has 0 unspecified atom stereocenters. The van der Waals surface area contributed by atoms with E-state index in [2.05, 4.69) is 28.7 Å². The molecule has 18 heavy (non-hydrogen) atoms. The predicted octanol–water partition coefficient (Wildman–Crippen LogP) is 1.94. The van der Waals surface area contributed by atoms with Crippen LogP contribution in [-0.4, -0.2) is 33.8 Å². The average Bonchev–Trinajstić information content (AvgIpc) is 2.56. The van der Waals surface area contributed by atoms with Gasteiger partial charge in [-0.2, -0.15) is 0 Å². The Morgan fingerprint density at radius 1 is 1.56 bits per heavy atom. The highest BCUT2D eigenvalue weighted by Gasteiger charge is 2.39. The predicted molar refractivity (Wildman–Crippen MR) is 72.8 cm³/mol. The minimum atomic E-state index is -0.623. The Bertz CT molecular complexity index is 431. The van der Waals surface area contributed by atoms with Crippen LogP contribution in [0.25, 0.3) is 0 Å². The molecule has 0 saturated carbocycles. The van der Waals surface area contributed by atoms with E-state index in [-0.39, 0.29) is 5.92 Å². The number of nitrogens with zero attached hydrogens (tertiary/aromatic N) is 3. The minimum Gasteiger partial charge on any atom is -0.388 e. The molecule has 2 rings (SSSR count). The van der Waals surface area contributed by atoms with Crippen LogP contribution in [0.1, 0.15) is 38.6 Å². The molecule has 4 nitrogen and oxygen atoms in total. The Kier molecular flexibility index (Phi) is 3.57. The molecule has 1 aromatic rings. The first-order valence-corrected chi connectivity index (χ1v) is 6.74. The Labute approximate surface area is 109 Å². The van der Waals surface area contributed by atoms with Gasteiger partial charge in [0.2, 0.25) is 0 Å². The fraction of sp³-hybridized carbons (Fsp3) is 0.714. The fourth-order valence-electron chi connectivity index (χ4n) is 2.50. The van der Waals surface area contributed by atoms with Crippen molar-refractivity contribution in [3.05, 3.63) is 17.6 Å². The normalized spacial score (nSPS) is 27.8. The molecule has 1 fully saturated rings. The first kappa shape index (κ1) is 13.3. The van der Waals surface area contributed by atoms with Gasteiger partial charge in [-0.05, 0) is 20.3 Å². The molecule has 1 aliphatic heterocycles.